The number of rotatable bonds is 5. The zero-order valence-electron chi connectivity index (χ0n) is 9.54. The molecule has 1 unspecified atom stereocenters. The molecule has 0 spiro atoms. The predicted molar refractivity (Wildman–Crippen MR) is 72.1 cm³/mol. The maximum absolute atomic E-state index is 11.3. The molecule has 0 saturated carbocycles. The summed E-state index contributed by atoms with van der Waals surface area (Å²) in [6.07, 6.45) is 2.64. The van der Waals surface area contributed by atoms with Crippen LogP contribution in [0.25, 0.3) is 0 Å². The van der Waals surface area contributed by atoms with Crippen molar-refractivity contribution in [1.29, 1.82) is 0 Å². The van der Waals surface area contributed by atoms with Crippen molar-refractivity contribution < 1.29 is 9.90 Å². The van der Waals surface area contributed by atoms with Crippen molar-refractivity contribution in [3.05, 3.63) is 51.4 Å². The topological polar surface area (TPSA) is 50.2 Å². The van der Waals surface area contributed by atoms with Crippen molar-refractivity contribution in [1.82, 2.24) is 4.98 Å². The lowest BCUT2D eigenvalue weighted by Gasteiger charge is -2.12. The molecule has 0 bridgehead atoms. The Labute approximate surface area is 114 Å². The second-order valence-corrected chi connectivity index (χ2v) is 5.38. The van der Waals surface area contributed by atoms with Crippen molar-refractivity contribution in [3.63, 3.8) is 0 Å². The maximum atomic E-state index is 11.3. The molecule has 0 aliphatic rings. The highest BCUT2D eigenvalue weighted by molar-refractivity contribution is 7.09. The molecule has 0 aliphatic heterocycles. The highest BCUT2D eigenvalue weighted by atomic mass is 35.5. The molecule has 3 nitrogen and oxygen atoms in total. The van der Waals surface area contributed by atoms with Gasteiger partial charge in [-0.3, -0.25) is 9.78 Å². The Morgan fingerprint density at radius 2 is 2.17 bits per heavy atom. The second-order valence-electron chi connectivity index (χ2n) is 4.00. The van der Waals surface area contributed by atoms with Gasteiger partial charge in [0, 0.05) is 16.1 Å². The molecule has 1 aromatic heterocycles. The first-order valence-electron chi connectivity index (χ1n) is 5.50. The molecule has 0 saturated heterocycles. The molecule has 0 fully saturated rings. The number of aliphatic carboxylic acids is 1. The first-order valence-corrected chi connectivity index (χ1v) is 6.76. The lowest BCUT2D eigenvalue weighted by Crippen LogP contribution is -2.18. The summed E-state index contributed by atoms with van der Waals surface area (Å²) in [6.45, 7) is 0. The fourth-order valence-electron chi connectivity index (χ4n) is 1.76. The van der Waals surface area contributed by atoms with Crippen LogP contribution in [-0.2, 0) is 17.6 Å². The summed E-state index contributed by atoms with van der Waals surface area (Å²) < 4.78 is 0. The van der Waals surface area contributed by atoms with E-state index in [9.17, 15) is 9.90 Å². The van der Waals surface area contributed by atoms with Gasteiger partial charge in [0.1, 0.15) is 0 Å². The summed E-state index contributed by atoms with van der Waals surface area (Å²) in [4.78, 5) is 16.2. The quantitative estimate of drug-likeness (QED) is 0.915. The van der Waals surface area contributed by atoms with E-state index in [0.717, 1.165) is 10.4 Å². The molecular formula is C13H12ClNO2S. The van der Waals surface area contributed by atoms with Crippen LogP contribution in [0.3, 0.4) is 0 Å². The van der Waals surface area contributed by atoms with Crippen LogP contribution < -0.4 is 0 Å². The summed E-state index contributed by atoms with van der Waals surface area (Å²) in [7, 11) is 0. The Kier molecular flexibility index (Phi) is 4.33. The van der Waals surface area contributed by atoms with Gasteiger partial charge in [0.05, 0.1) is 11.4 Å². The van der Waals surface area contributed by atoms with E-state index in [-0.39, 0.29) is 0 Å². The van der Waals surface area contributed by atoms with Crippen molar-refractivity contribution in [3.8, 4) is 0 Å². The Morgan fingerprint density at radius 1 is 1.39 bits per heavy atom. The van der Waals surface area contributed by atoms with Gasteiger partial charge in [-0.25, -0.2) is 0 Å². The Bertz CT molecular complexity index is 528. The van der Waals surface area contributed by atoms with Crippen LogP contribution in [0.2, 0.25) is 5.02 Å². The van der Waals surface area contributed by atoms with Crippen LogP contribution in [0.4, 0.5) is 0 Å². The first kappa shape index (κ1) is 13.1. The minimum Gasteiger partial charge on any atom is -0.481 e. The zero-order chi connectivity index (χ0) is 13.0. The van der Waals surface area contributed by atoms with Gasteiger partial charge in [-0.1, -0.05) is 29.8 Å². The van der Waals surface area contributed by atoms with Crippen molar-refractivity contribution in [2.75, 3.05) is 0 Å². The molecule has 2 aromatic rings. The standard InChI is InChI=1S/C13H12ClNO2S/c14-12-4-2-1-3-9(12)5-10(13(16)17)6-11-7-15-8-18-11/h1-4,7-8,10H,5-6H2,(H,16,17). The summed E-state index contributed by atoms with van der Waals surface area (Å²) in [5, 5.41) is 9.88. The molecule has 0 amide bonds. The average molecular weight is 282 g/mol. The van der Waals surface area contributed by atoms with Gasteiger partial charge in [0.25, 0.3) is 0 Å². The Balaban J connectivity index is 2.12. The monoisotopic (exact) mass is 281 g/mol. The van der Waals surface area contributed by atoms with E-state index < -0.39 is 11.9 Å². The van der Waals surface area contributed by atoms with E-state index in [1.165, 1.54) is 11.3 Å². The fraction of sp³-hybridized carbons (Fsp3) is 0.231. The predicted octanol–water partition coefficient (Wildman–Crippen LogP) is 3.28. The molecule has 2 rings (SSSR count). The minimum absolute atomic E-state index is 0.437. The molecule has 1 N–H and O–H groups in total. The third kappa shape index (κ3) is 3.31. The van der Waals surface area contributed by atoms with Gasteiger partial charge in [-0.2, -0.15) is 0 Å². The number of aromatic nitrogens is 1. The SMILES string of the molecule is O=C(O)C(Cc1cncs1)Cc1ccccc1Cl. The molecule has 94 valence electrons. The van der Waals surface area contributed by atoms with E-state index in [2.05, 4.69) is 4.98 Å². The normalized spacial score (nSPS) is 12.3. The molecule has 1 aromatic carbocycles. The summed E-state index contributed by atoms with van der Waals surface area (Å²) in [6, 6.07) is 7.35. The van der Waals surface area contributed by atoms with Crippen LogP contribution in [-0.4, -0.2) is 16.1 Å². The van der Waals surface area contributed by atoms with Gasteiger partial charge in [-0.05, 0) is 24.5 Å². The van der Waals surface area contributed by atoms with Crippen molar-refractivity contribution >= 4 is 28.9 Å². The van der Waals surface area contributed by atoms with E-state index >= 15 is 0 Å². The number of nitrogens with zero attached hydrogens (tertiary/aromatic N) is 1. The van der Waals surface area contributed by atoms with Gasteiger partial charge < -0.3 is 5.11 Å². The maximum Gasteiger partial charge on any atom is 0.307 e. The first-order chi connectivity index (χ1) is 8.66. The van der Waals surface area contributed by atoms with Crippen molar-refractivity contribution in [2.45, 2.75) is 12.8 Å². The number of benzene rings is 1. The lowest BCUT2D eigenvalue weighted by molar-refractivity contribution is -0.141. The van der Waals surface area contributed by atoms with Crippen molar-refractivity contribution in [2.24, 2.45) is 5.92 Å². The van der Waals surface area contributed by atoms with Crippen LogP contribution >= 0.6 is 22.9 Å². The minimum atomic E-state index is -0.802. The van der Waals surface area contributed by atoms with Gasteiger partial charge >= 0.3 is 5.97 Å². The number of thiazole rings is 1. The largest absolute Gasteiger partial charge is 0.481 e. The summed E-state index contributed by atoms with van der Waals surface area (Å²) in [5.74, 6) is -1.27. The number of carboxylic acids is 1. The summed E-state index contributed by atoms with van der Waals surface area (Å²) in [5.41, 5.74) is 2.58. The molecule has 18 heavy (non-hydrogen) atoms. The lowest BCUT2D eigenvalue weighted by atomic mass is 9.96. The Morgan fingerprint density at radius 3 is 2.78 bits per heavy atom. The molecule has 1 heterocycles. The fourth-order valence-corrected chi connectivity index (χ4v) is 2.65. The van der Waals surface area contributed by atoms with Crippen LogP contribution in [0.1, 0.15) is 10.4 Å². The number of hydrogen-bond acceptors (Lipinski definition) is 3. The smallest absolute Gasteiger partial charge is 0.307 e. The highest BCUT2D eigenvalue weighted by Crippen LogP contribution is 2.22. The Hall–Kier alpha value is -1.39. The van der Waals surface area contributed by atoms with E-state index in [4.69, 9.17) is 11.6 Å². The van der Waals surface area contributed by atoms with E-state index in [0.29, 0.717) is 17.9 Å². The number of hydrogen-bond donors (Lipinski definition) is 1. The van der Waals surface area contributed by atoms with Crippen LogP contribution in [0.15, 0.2) is 36.0 Å². The third-order valence-electron chi connectivity index (χ3n) is 2.70. The van der Waals surface area contributed by atoms with Gasteiger partial charge in [0.15, 0.2) is 0 Å². The van der Waals surface area contributed by atoms with E-state index in [1.54, 1.807) is 17.8 Å². The van der Waals surface area contributed by atoms with Crippen LogP contribution in [0, 0.1) is 5.92 Å². The second kappa shape index (κ2) is 5.98. The van der Waals surface area contributed by atoms with Gasteiger partial charge in [-0.15, -0.1) is 11.3 Å². The summed E-state index contributed by atoms with van der Waals surface area (Å²) >= 11 is 7.53. The number of carbonyl (C=O) groups is 1. The molecule has 0 radical (unpaired) electrons. The highest BCUT2D eigenvalue weighted by Gasteiger charge is 2.20. The number of carboxylic acid groups (broad SMARTS) is 1. The molecular weight excluding hydrogens is 270 g/mol. The molecule has 1 atom stereocenters. The number of halogens is 1. The molecule has 5 heteroatoms. The third-order valence-corrected chi connectivity index (χ3v) is 3.88. The van der Waals surface area contributed by atoms with Gasteiger partial charge in [0.2, 0.25) is 0 Å². The van der Waals surface area contributed by atoms with Crippen LogP contribution in [0.5, 0.6) is 0 Å². The van der Waals surface area contributed by atoms with E-state index in [1.807, 2.05) is 18.2 Å². The average Bonchev–Trinajstić information content (AvgIpc) is 2.83. The molecule has 0 aliphatic carbocycles. The zero-order valence-corrected chi connectivity index (χ0v) is 11.1.